The molecule has 0 radical (unpaired) electrons. The third-order valence-electron chi connectivity index (χ3n) is 4.29. The molecule has 2 aromatic rings. The number of rotatable bonds is 7. The predicted molar refractivity (Wildman–Crippen MR) is 89.3 cm³/mol. The largest absolute Gasteiger partial charge is 0.482 e. The van der Waals surface area contributed by atoms with E-state index in [0.29, 0.717) is 17.9 Å². The van der Waals surface area contributed by atoms with E-state index in [0.717, 1.165) is 12.8 Å². The molecule has 2 aromatic carbocycles. The number of hydrogen-bond donors (Lipinski definition) is 2. The third-order valence-corrected chi connectivity index (χ3v) is 4.29. The lowest BCUT2D eigenvalue weighted by atomic mass is 9.96. The second-order valence-corrected chi connectivity index (χ2v) is 6.04. The average molecular weight is 325 g/mol. The fourth-order valence-corrected chi connectivity index (χ4v) is 2.73. The fourth-order valence-electron chi connectivity index (χ4n) is 2.73. The van der Waals surface area contributed by atoms with Crippen molar-refractivity contribution in [3.05, 3.63) is 65.7 Å². The summed E-state index contributed by atoms with van der Waals surface area (Å²) in [6, 6.07) is 16.8. The van der Waals surface area contributed by atoms with E-state index in [1.54, 1.807) is 24.3 Å². The van der Waals surface area contributed by atoms with Gasteiger partial charge in [0.1, 0.15) is 5.75 Å². The van der Waals surface area contributed by atoms with Gasteiger partial charge in [0.25, 0.3) is 5.91 Å². The van der Waals surface area contributed by atoms with Gasteiger partial charge in [0, 0.05) is 17.5 Å². The quantitative estimate of drug-likeness (QED) is 0.820. The number of carbonyl (C=O) groups is 2. The Morgan fingerprint density at radius 1 is 1.08 bits per heavy atom. The normalized spacial score (nSPS) is 14.7. The lowest BCUT2D eigenvalue weighted by Crippen LogP contribution is -2.32. The molecular weight excluding hydrogens is 306 g/mol. The van der Waals surface area contributed by atoms with Crippen LogP contribution >= 0.6 is 0 Å². The van der Waals surface area contributed by atoms with Crippen molar-refractivity contribution in [1.29, 1.82) is 0 Å². The van der Waals surface area contributed by atoms with Gasteiger partial charge in [-0.15, -0.1) is 0 Å². The van der Waals surface area contributed by atoms with Crippen LogP contribution in [-0.2, 0) is 10.2 Å². The van der Waals surface area contributed by atoms with Gasteiger partial charge >= 0.3 is 5.97 Å². The summed E-state index contributed by atoms with van der Waals surface area (Å²) in [5.41, 5.74) is 1.76. The van der Waals surface area contributed by atoms with E-state index in [1.165, 1.54) is 5.56 Å². The SMILES string of the molecule is O=C(O)COc1cccc(C(=O)NCC2(c3ccccc3)CC2)c1. The minimum absolute atomic E-state index is 0.0499. The highest BCUT2D eigenvalue weighted by Crippen LogP contribution is 2.47. The van der Waals surface area contributed by atoms with Crippen molar-refractivity contribution >= 4 is 11.9 Å². The van der Waals surface area contributed by atoms with E-state index < -0.39 is 12.6 Å². The first-order valence-electron chi connectivity index (χ1n) is 7.87. The molecule has 5 heteroatoms. The van der Waals surface area contributed by atoms with Crippen LogP contribution in [0, 0.1) is 0 Å². The van der Waals surface area contributed by atoms with Crippen LogP contribution in [0.2, 0.25) is 0 Å². The molecule has 0 bridgehead atoms. The minimum Gasteiger partial charge on any atom is -0.482 e. The maximum atomic E-state index is 12.4. The Balaban J connectivity index is 1.61. The smallest absolute Gasteiger partial charge is 0.341 e. The van der Waals surface area contributed by atoms with E-state index in [2.05, 4.69) is 17.4 Å². The van der Waals surface area contributed by atoms with Crippen LogP contribution in [0.25, 0.3) is 0 Å². The summed E-state index contributed by atoms with van der Waals surface area (Å²) in [7, 11) is 0. The summed E-state index contributed by atoms with van der Waals surface area (Å²) in [5.74, 6) is -0.865. The van der Waals surface area contributed by atoms with Crippen molar-refractivity contribution in [2.75, 3.05) is 13.2 Å². The van der Waals surface area contributed by atoms with Gasteiger partial charge in [0.15, 0.2) is 6.61 Å². The lowest BCUT2D eigenvalue weighted by molar-refractivity contribution is -0.139. The van der Waals surface area contributed by atoms with Gasteiger partial charge in [-0.2, -0.15) is 0 Å². The van der Waals surface area contributed by atoms with Crippen molar-refractivity contribution in [1.82, 2.24) is 5.32 Å². The van der Waals surface area contributed by atoms with Crippen LogP contribution in [0.3, 0.4) is 0 Å². The lowest BCUT2D eigenvalue weighted by Gasteiger charge is -2.16. The number of aliphatic carboxylic acids is 1. The first kappa shape index (κ1) is 16.1. The molecule has 1 amide bonds. The van der Waals surface area contributed by atoms with E-state index in [4.69, 9.17) is 9.84 Å². The van der Waals surface area contributed by atoms with Crippen LogP contribution in [0.5, 0.6) is 5.75 Å². The molecule has 1 saturated carbocycles. The molecule has 1 aliphatic carbocycles. The fraction of sp³-hybridized carbons (Fsp3) is 0.263. The van der Waals surface area contributed by atoms with Gasteiger partial charge in [0.05, 0.1) is 0 Å². The number of benzene rings is 2. The first-order chi connectivity index (χ1) is 11.6. The van der Waals surface area contributed by atoms with Crippen LogP contribution in [0.1, 0.15) is 28.8 Å². The van der Waals surface area contributed by atoms with Crippen molar-refractivity contribution in [3.63, 3.8) is 0 Å². The molecular formula is C19H19NO4. The summed E-state index contributed by atoms with van der Waals surface area (Å²) >= 11 is 0. The number of amides is 1. The van der Waals surface area contributed by atoms with Crippen molar-refractivity contribution in [2.24, 2.45) is 0 Å². The van der Waals surface area contributed by atoms with Gasteiger partial charge in [-0.25, -0.2) is 4.79 Å². The van der Waals surface area contributed by atoms with Gasteiger partial charge < -0.3 is 15.2 Å². The summed E-state index contributed by atoms with van der Waals surface area (Å²) in [5, 5.41) is 11.6. The molecule has 24 heavy (non-hydrogen) atoms. The average Bonchev–Trinajstić information content (AvgIpc) is 3.40. The van der Waals surface area contributed by atoms with Gasteiger partial charge in [-0.1, -0.05) is 36.4 Å². The number of carboxylic acid groups (broad SMARTS) is 1. The van der Waals surface area contributed by atoms with Crippen LogP contribution in [0.4, 0.5) is 0 Å². The monoisotopic (exact) mass is 325 g/mol. The molecule has 1 fully saturated rings. The van der Waals surface area contributed by atoms with E-state index >= 15 is 0 Å². The standard InChI is InChI=1S/C19H19NO4/c21-17(22)12-24-16-8-4-5-14(11-16)18(23)20-13-19(9-10-19)15-6-2-1-3-7-15/h1-8,11H,9-10,12-13H2,(H,20,23)(H,21,22). The highest BCUT2D eigenvalue weighted by Gasteiger charge is 2.44. The topological polar surface area (TPSA) is 75.6 Å². The molecule has 2 N–H and O–H groups in total. The number of hydrogen-bond acceptors (Lipinski definition) is 3. The Kier molecular flexibility index (Phi) is 4.51. The molecule has 0 heterocycles. The number of carboxylic acids is 1. The molecule has 1 aliphatic rings. The summed E-state index contributed by atoms with van der Waals surface area (Å²) in [6.07, 6.45) is 2.14. The Bertz CT molecular complexity index is 738. The molecule has 0 atom stereocenters. The molecule has 0 aliphatic heterocycles. The molecule has 0 unspecified atom stereocenters. The van der Waals surface area contributed by atoms with Gasteiger partial charge in [-0.3, -0.25) is 4.79 Å². The second-order valence-electron chi connectivity index (χ2n) is 6.04. The molecule has 0 spiro atoms. The van der Waals surface area contributed by atoms with Crippen molar-refractivity contribution < 1.29 is 19.4 Å². The molecule has 0 saturated heterocycles. The summed E-state index contributed by atoms with van der Waals surface area (Å²) < 4.78 is 5.11. The van der Waals surface area contributed by atoms with Crippen LogP contribution < -0.4 is 10.1 Å². The van der Waals surface area contributed by atoms with Crippen LogP contribution in [-0.4, -0.2) is 30.1 Å². The molecule has 3 rings (SSSR count). The zero-order valence-electron chi connectivity index (χ0n) is 13.2. The maximum Gasteiger partial charge on any atom is 0.341 e. The van der Waals surface area contributed by atoms with Gasteiger partial charge in [-0.05, 0) is 36.6 Å². The Morgan fingerprint density at radius 3 is 2.50 bits per heavy atom. The zero-order chi connectivity index (χ0) is 17.0. The van der Waals surface area contributed by atoms with Gasteiger partial charge in [0.2, 0.25) is 0 Å². The van der Waals surface area contributed by atoms with Crippen LogP contribution in [0.15, 0.2) is 54.6 Å². The molecule has 0 aromatic heterocycles. The molecule has 5 nitrogen and oxygen atoms in total. The van der Waals surface area contributed by atoms with E-state index in [1.807, 2.05) is 18.2 Å². The highest BCUT2D eigenvalue weighted by atomic mass is 16.5. The molecule has 124 valence electrons. The minimum atomic E-state index is -1.05. The number of carbonyl (C=O) groups excluding carboxylic acids is 1. The predicted octanol–water partition coefficient (Wildman–Crippen LogP) is 2.61. The first-order valence-corrected chi connectivity index (χ1v) is 7.87. The Labute approximate surface area is 140 Å². The van der Waals surface area contributed by atoms with Crippen molar-refractivity contribution in [3.8, 4) is 5.75 Å². The maximum absolute atomic E-state index is 12.4. The Hall–Kier alpha value is -2.82. The number of ether oxygens (including phenoxy) is 1. The Morgan fingerprint density at radius 2 is 1.83 bits per heavy atom. The highest BCUT2D eigenvalue weighted by molar-refractivity contribution is 5.94. The van der Waals surface area contributed by atoms with E-state index in [-0.39, 0.29) is 11.3 Å². The number of nitrogens with one attached hydrogen (secondary N) is 1. The second kappa shape index (κ2) is 6.74. The zero-order valence-corrected chi connectivity index (χ0v) is 13.2. The third kappa shape index (κ3) is 3.74. The van der Waals surface area contributed by atoms with E-state index in [9.17, 15) is 9.59 Å². The summed E-state index contributed by atoms with van der Waals surface area (Å²) in [6.45, 7) is 0.165. The van der Waals surface area contributed by atoms with Crippen molar-refractivity contribution in [2.45, 2.75) is 18.3 Å². The summed E-state index contributed by atoms with van der Waals surface area (Å²) in [4.78, 5) is 22.9.